The zero-order chi connectivity index (χ0) is 17.7. The normalized spacial score (nSPS) is 11.3. The number of anilines is 1. The van der Waals surface area contributed by atoms with E-state index in [1.54, 1.807) is 12.1 Å². The zero-order valence-corrected chi connectivity index (χ0v) is 12.3. The number of hydrogen-bond donors (Lipinski definition) is 2. The molecule has 0 unspecified atom stereocenters. The molecule has 2 amide bonds. The summed E-state index contributed by atoms with van der Waals surface area (Å²) in [5.74, 6) is -2.65. The molecule has 2 aromatic rings. The Hall–Kier alpha value is -2.91. The SMILES string of the molecule is NC(=O)c1ccccc1NC(=O)CCCc1noc(C(F)(F)F)n1. The van der Waals surface area contributed by atoms with Gasteiger partial charge in [0.2, 0.25) is 5.91 Å². The third-order valence-electron chi connectivity index (χ3n) is 2.98. The number of nitrogens with two attached hydrogens (primary N) is 1. The molecule has 0 aliphatic heterocycles. The molecule has 24 heavy (non-hydrogen) atoms. The fourth-order valence-electron chi connectivity index (χ4n) is 1.90. The van der Waals surface area contributed by atoms with Crippen LogP contribution in [-0.2, 0) is 17.4 Å². The average molecular weight is 342 g/mol. The van der Waals surface area contributed by atoms with Crippen LogP contribution in [0, 0.1) is 0 Å². The highest BCUT2D eigenvalue weighted by Gasteiger charge is 2.38. The molecule has 0 bridgehead atoms. The topological polar surface area (TPSA) is 111 Å². The van der Waals surface area contributed by atoms with E-state index >= 15 is 0 Å². The Labute approximate surface area is 134 Å². The van der Waals surface area contributed by atoms with Crippen molar-refractivity contribution in [1.29, 1.82) is 0 Å². The third-order valence-corrected chi connectivity index (χ3v) is 2.98. The molecule has 2 rings (SSSR count). The van der Waals surface area contributed by atoms with Gasteiger partial charge in [0.15, 0.2) is 5.82 Å². The van der Waals surface area contributed by atoms with Gasteiger partial charge in [0, 0.05) is 12.8 Å². The fraction of sp³-hybridized carbons (Fsp3) is 0.286. The Morgan fingerprint density at radius 3 is 2.58 bits per heavy atom. The van der Waals surface area contributed by atoms with E-state index in [1.165, 1.54) is 12.1 Å². The molecule has 0 aliphatic carbocycles. The van der Waals surface area contributed by atoms with Crippen molar-refractivity contribution >= 4 is 17.5 Å². The van der Waals surface area contributed by atoms with Crippen LogP contribution >= 0.6 is 0 Å². The van der Waals surface area contributed by atoms with E-state index in [-0.39, 0.29) is 36.3 Å². The minimum atomic E-state index is -4.69. The lowest BCUT2D eigenvalue weighted by molar-refractivity contribution is -0.159. The highest BCUT2D eigenvalue weighted by Crippen LogP contribution is 2.27. The number of nitrogens with zero attached hydrogens (tertiary/aromatic N) is 2. The van der Waals surface area contributed by atoms with Gasteiger partial charge in [0.1, 0.15) is 0 Å². The van der Waals surface area contributed by atoms with Gasteiger partial charge in [-0.2, -0.15) is 18.2 Å². The number of carbonyl (C=O) groups excluding carboxylic acids is 2. The van der Waals surface area contributed by atoms with Gasteiger partial charge in [-0.25, -0.2) is 0 Å². The lowest BCUT2D eigenvalue weighted by atomic mass is 10.1. The molecule has 1 aromatic heterocycles. The van der Waals surface area contributed by atoms with E-state index in [2.05, 4.69) is 20.0 Å². The van der Waals surface area contributed by atoms with Gasteiger partial charge in [-0.05, 0) is 18.6 Å². The first-order chi connectivity index (χ1) is 11.3. The lowest BCUT2D eigenvalue weighted by Gasteiger charge is -2.08. The molecule has 1 aromatic carbocycles. The van der Waals surface area contributed by atoms with Crippen molar-refractivity contribution in [2.75, 3.05) is 5.32 Å². The molecule has 3 N–H and O–H groups in total. The minimum Gasteiger partial charge on any atom is -0.366 e. The number of aromatic nitrogens is 2. The van der Waals surface area contributed by atoms with E-state index in [4.69, 9.17) is 5.73 Å². The standard InChI is InChI=1S/C14H13F3N4O3/c15-14(16,17)13-20-10(21-24-13)6-3-7-11(22)19-9-5-2-1-4-8(9)12(18)23/h1-2,4-5H,3,6-7H2,(H2,18,23)(H,19,22). The van der Waals surface area contributed by atoms with Crippen molar-refractivity contribution in [2.24, 2.45) is 5.73 Å². The number of nitrogens with one attached hydrogen (secondary N) is 1. The molecular formula is C14H13F3N4O3. The first-order valence-electron chi connectivity index (χ1n) is 6.86. The van der Waals surface area contributed by atoms with Crippen LogP contribution in [0.25, 0.3) is 0 Å². The molecule has 0 aliphatic rings. The number of halogens is 3. The van der Waals surface area contributed by atoms with Gasteiger partial charge in [-0.3, -0.25) is 9.59 Å². The van der Waals surface area contributed by atoms with Crippen molar-refractivity contribution in [1.82, 2.24) is 10.1 Å². The molecule has 0 saturated heterocycles. The molecule has 7 nitrogen and oxygen atoms in total. The van der Waals surface area contributed by atoms with Crippen LogP contribution in [0.5, 0.6) is 0 Å². The number of hydrogen-bond acceptors (Lipinski definition) is 5. The first kappa shape index (κ1) is 17.4. The maximum absolute atomic E-state index is 12.3. The third kappa shape index (κ3) is 4.54. The van der Waals surface area contributed by atoms with Crippen LogP contribution in [0.4, 0.5) is 18.9 Å². The van der Waals surface area contributed by atoms with Gasteiger partial charge in [-0.15, -0.1) is 0 Å². The van der Waals surface area contributed by atoms with Gasteiger partial charge in [0.25, 0.3) is 5.91 Å². The Bertz CT molecular complexity index is 743. The van der Waals surface area contributed by atoms with E-state index in [9.17, 15) is 22.8 Å². The second-order valence-corrected chi connectivity index (χ2v) is 4.83. The Kier molecular flexibility index (Phi) is 5.17. The van der Waals surface area contributed by atoms with Crippen LogP contribution in [0.15, 0.2) is 28.8 Å². The van der Waals surface area contributed by atoms with Crippen molar-refractivity contribution in [2.45, 2.75) is 25.4 Å². The molecule has 128 valence electrons. The quantitative estimate of drug-likeness (QED) is 0.835. The largest absolute Gasteiger partial charge is 0.471 e. The van der Waals surface area contributed by atoms with Gasteiger partial charge < -0.3 is 15.6 Å². The van der Waals surface area contributed by atoms with E-state index in [1.807, 2.05) is 0 Å². The summed E-state index contributed by atoms with van der Waals surface area (Å²) in [6.07, 6.45) is -4.43. The predicted octanol–water partition coefficient (Wildman–Crippen LogP) is 2.15. The van der Waals surface area contributed by atoms with Crippen LogP contribution in [0.1, 0.15) is 34.9 Å². The summed E-state index contributed by atoms with van der Waals surface area (Å²) in [7, 11) is 0. The summed E-state index contributed by atoms with van der Waals surface area (Å²) in [6.45, 7) is 0. The number of aryl methyl sites for hydroxylation is 1. The number of carbonyl (C=O) groups is 2. The van der Waals surface area contributed by atoms with E-state index < -0.39 is 23.9 Å². The summed E-state index contributed by atoms with van der Waals surface area (Å²) < 4.78 is 41.0. The second-order valence-electron chi connectivity index (χ2n) is 4.83. The fourth-order valence-corrected chi connectivity index (χ4v) is 1.90. The van der Waals surface area contributed by atoms with Gasteiger partial charge in [0.05, 0.1) is 11.3 Å². The summed E-state index contributed by atoms with van der Waals surface area (Å²) >= 11 is 0. The number of para-hydroxylation sites is 1. The zero-order valence-electron chi connectivity index (χ0n) is 12.3. The summed E-state index contributed by atoms with van der Waals surface area (Å²) in [5, 5.41) is 5.73. The van der Waals surface area contributed by atoms with Crippen molar-refractivity contribution in [3.63, 3.8) is 0 Å². The molecule has 0 atom stereocenters. The van der Waals surface area contributed by atoms with Crippen molar-refractivity contribution in [3.05, 3.63) is 41.5 Å². The summed E-state index contributed by atoms with van der Waals surface area (Å²) in [5.41, 5.74) is 5.63. The minimum absolute atomic E-state index is 0.00296. The molecule has 10 heteroatoms. The monoisotopic (exact) mass is 342 g/mol. The number of primary amides is 1. The number of rotatable bonds is 6. The summed E-state index contributed by atoms with van der Waals surface area (Å²) in [4.78, 5) is 26.3. The van der Waals surface area contributed by atoms with Crippen molar-refractivity contribution in [3.8, 4) is 0 Å². The van der Waals surface area contributed by atoms with Crippen LogP contribution in [0.2, 0.25) is 0 Å². The average Bonchev–Trinajstić information content (AvgIpc) is 2.96. The van der Waals surface area contributed by atoms with Gasteiger partial charge in [-0.1, -0.05) is 17.3 Å². The van der Waals surface area contributed by atoms with E-state index in [0.717, 1.165) is 0 Å². The molecule has 0 radical (unpaired) electrons. The highest BCUT2D eigenvalue weighted by molar-refractivity contribution is 6.02. The van der Waals surface area contributed by atoms with E-state index in [0.29, 0.717) is 0 Å². The Balaban J connectivity index is 1.86. The second kappa shape index (κ2) is 7.11. The van der Waals surface area contributed by atoms with Crippen LogP contribution in [-0.4, -0.2) is 22.0 Å². The maximum Gasteiger partial charge on any atom is 0.471 e. The molecule has 0 fully saturated rings. The number of amides is 2. The smallest absolute Gasteiger partial charge is 0.366 e. The summed E-state index contributed by atoms with van der Waals surface area (Å²) in [6, 6.07) is 6.22. The molecule has 0 saturated carbocycles. The molecular weight excluding hydrogens is 329 g/mol. The van der Waals surface area contributed by atoms with Crippen molar-refractivity contribution < 1.29 is 27.3 Å². The Morgan fingerprint density at radius 2 is 1.96 bits per heavy atom. The highest BCUT2D eigenvalue weighted by atomic mass is 19.4. The maximum atomic E-state index is 12.3. The number of alkyl halides is 3. The number of benzene rings is 1. The first-order valence-corrected chi connectivity index (χ1v) is 6.86. The van der Waals surface area contributed by atoms with Crippen LogP contribution in [0.3, 0.4) is 0 Å². The molecule has 1 heterocycles. The molecule has 0 spiro atoms. The van der Waals surface area contributed by atoms with Gasteiger partial charge >= 0.3 is 12.1 Å². The lowest BCUT2D eigenvalue weighted by Crippen LogP contribution is -2.18. The Morgan fingerprint density at radius 1 is 1.25 bits per heavy atom. The van der Waals surface area contributed by atoms with Crippen LogP contribution < -0.4 is 11.1 Å². The predicted molar refractivity (Wildman–Crippen MR) is 75.8 cm³/mol.